The lowest BCUT2D eigenvalue weighted by Crippen LogP contribution is -2.48. The third-order valence-electron chi connectivity index (χ3n) is 6.59. The van der Waals surface area contributed by atoms with Crippen molar-refractivity contribution in [3.63, 3.8) is 0 Å². The van der Waals surface area contributed by atoms with Gasteiger partial charge in [0.05, 0.1) is 11.5 Å². The summed E-state index contributed by atoms with van der Waals surface area (Å²) in [6.45, 7) is 2.15. The van der Waals surface area contributed by atoms with Crippen molar-refractivity contribution in [1.29, 1.82) is 0 Å². The molecule has 1 saturated heterocycles. The monoisotopic (exact) mass is 453 g/mol. The summed E-state index contributed by atoms with van der Waals surface area (Å²) in [6, 6.07) is 5.40. The van der Waals surface area contributed by atoms with Gasteiger partial charge in [-0.2, -0.15) is 13.2 Å². The van der Waals surface area contributed by atoms with E-state index < -0.39 is 11.7 Å². The number of benzene rings is 1. The van der Waals surface area contributed by atoms with Crippen LogP contribution in [0.3, 0.4) is 0 Å². The molecule has 1 amide bonds. The Labute approximate surface area is 181 Å². The second kappa shape index (κ2) is 9.41. The van der Waals surface area contributed by atoms with E-state index >= 15 is 0 Å². The quantitative estimate of drug-likeness (QED) is 0.731. The van der Waals surface area contributed by atoms with Crippen molar-refractivity contribution in [3.05, 3.63) is 35.4 Å². The lowest BCUT2D eigenvalue weighted by molar-refractivity contribution is -0.137. The molecule has 3 N–H and O–H groups in total. The fourth-order valence-corrected chi connectivity index (χ4v) is 5.17. The first-order valence-corrected chi connectivity index (χ1v) is 9.75. The van der Waals surface area contributed by atoms with Crippen molar-refractivity contribution in [3.8, 4) is 0 Å². The average Bonchev–Trinajstić information content (AvgIpc) is 3.31. The van der Waals surface area contributed by atoms with E-state index in [-0.39, 0.29) is 48.7 Å². The summed E-state index contributed by atoms with van der Waals surface area (Å²) in [4.78, 5) is 14.9. The topological polar surface area (TPSA) is 58.4 Å². The van der Waals surface area contributed by atoms with Crippen molar-refractivity contribution < 1.29 is 18.0 Å². The van der Waals surface area contributed by atoms with Crippen molar-refractivity contribution in [2.24, 2.45) is 23.5 Å². The summed E-state index contributed by atoms with van der Waals surface area (Å²) >= 11 is 0. The Morgan fingerprint density at radius 1 is 1.10 bits per heavy atom. The smallest absolute Gasteiger partial charge is 0.352 e. The molecule has 0 spiro atoms. The van der Waals surface area contributed by atoms with Crippen LogP contribution in [0.2, 0.25) is 0 Å². The van der Waals surface area contributed by atoms with Gasteiger partial charge in [0.15, 0.2) is 0 Å². The van der Waals surface area contributed by atoms with Crippen molar-refractivity contribution >= 4 is 30.7 Å². The van der Waals surface area contributed by atoms with Crippen LogP contribution >= 0.6 is 24.8 Å². The van der Waals surface area contributed by atoms with E-state index in [2.05, 4.69) is 10.2 Å². The molecule has 4 rings (SSSR count). The Hall–Kier alpha value is -1.02. The Morgan fingerprint density at radius 3 is 2.34 bits per heavy atom. The minimum absolute atomic E-state index is 0. The van der Waals surface area contributed by atoms with Gasteiger partial charge in [-0.25, -0.2) is 0 Å². The Morgan fingerprint density at radius 2 is 1.76 bits per heavy atom. The molecule has 9 heteroatoms. The number of hydrogen-bond donors (Lipinski definition) is 2. The van der Waals surface area contributed by atoms with Gasteiger partial charge < -0.3 is 11.1 Å². The predicted molar refractivity (Wildman–Crippen MR) is 110 cm³/mol. The normalized spacial score (nSPS) is 31.2. The Kier molecular flexibility index (Phi) is 7.87. The maximum atomic E-state index is 12.7. The van der Waals surface area contributed by atoms with Crippen molar-refractivity contribution in [1.82, 2.24) is 10.2 Å². The molecule has 1 aromatic carbocycles. The molecule has 2 bridgehead atoms. The molecular weight excluding hydrogens is 426 g/mol. The van der Waals surface area contributed by atoms with Gasteiger partial charge in [0.1, 0.15) is 0 Å². The fourth-order valence-electron chi connectivity index (χ4n) is 5.17. The first-order chi connectivity index (χ1) is 12.8. The molecule has 0 aromatic heterocycles. The van der Waals surface area contributed by atoms with Crippen LogP contribution in [-0.4, -0.2) is 36.0 Å². The zero-order valence-electron chi connectivity index (χ0n) is 16.0. The van der Waals surface area contributed by atoms with E-state index in [1.165, 1.54) is 12.1 Å². The summed E-state index contributed by atoms with van der Waals surface area (Å²) in [5, 5.41) is 3.17. The summed E-state index contributed by atoms with van der Waals surface area (Å²) in [6.07, 6.45) is -0.0877. The molecule has 164 valence electrons. The second-order valence-corrected chi connectivity index (χ2v) is 8.36. The molecule has 5 atom stereocenters. The minimum Gasteiger partial charge on any atom is -0.352 e. The number of nitrogens with two attached hydrogens (primary N) is 1. The number of nitrogens with one attached hydrogen (secondary N) is 1. The third kappa shape index (κ3) is 5.19. The largest absolute Gasteiger partial charge is 0.416 e. The molecular formula is C20H28Cl2F3N3O. The van der Waals surface area contributed by atoms with Gasteiger partial charge in [-0.1, -0.05) is 12.1 Å². The molecule has 1 aromatic rings. The van der Waals surface area contributed by atoms with Crippen LogP contribution in [0.4, 0.5) is 13.2 Å². The van der Waals surface area contributed by atoms with Gasteiger partial charge in [-0.05, 0) is 55.2 Å². The zero-order chi connectivity index (χ0) is 19.2. The van der Waals surface area contributed by atoms with E-state index in [1.807, 2.05) is 0 Å². The van der Waals surface area contributed by atoms with Gasteiger partial charge >= 0.3 is 6.18 Å². The molecule has 29 heavy (non-hydrogen) atoms. The van der Waals surface area contributed by atoms with E-state index in [9.17, 15) is 18.0 Å². The van der Waals surface area contributed by atoms with Gasteiger partial charge in [-0.15, -0.1) is 24.8 Å². The van der Waals surface area contributed by atoms with E-state index in [1.54, 1.807) is 0 Å². The summed E-state index contributed by atoms with van der Waals surface area (Å²) in [5.41, 5.74) is 6.49. The van der Waals surface area contributed by atoms with Crippen LogP contribution in [0, 0.1) is 17.8 Å². The van der Waals surface area contributed by atoms with Crippen LogP contribution < -0.4 is 11.1 Å². The van der Waals surface area contributed by atoms with E-state index in [0.29, 0.717) is 18.4 Å². The van der Waals surface area contributed by atoms with Crippen LogP contribution in [0.25, 0.3) is 0 Å². The van der Waals surface area contributed by atoms with Crippen LogP contribution in [0.15, 0.2) is 24.3 Å². The zero-order valence-corrected chi connectivity index (χ0v) is 17.7. The number of halogens is 5. The Balaban J connectivity index is 0.00000150. The number of rotatable bonds is 4. The Bertz CT molecular complexity index is 699. The molecule has 3 aliphatic rings. The third-order valence-corrected chi connectivity index (χ3v) is 6.59. The maximum Gasteiger partial charge on any atom is 0.416 e. The molecule has 2 saturated carbocycles. The molecule has 1 aliphatic heterocycles. The van der Waals surface area contributed by atoms with Gasteiger partial charge in [0.2, 0.25) is 5.91 Å². The van der Waals surface area contributed by atoms with Crippen LogP contribution in [0.5, 0.6) is 0 Å². The molecule has 1 heterocycles. The highest BCUT2D eigenvalue weighted by molar-refractivity contribution is 5.85. The summed E-state index contributed by atoms with van der Waals surface area (Å²) in [7, 11) is 0. The number of hydrogen-bond acceptors (Lipinski definition) is 3. The number of fused-ring (bicyclic) bond motifs is 2. The van der Waals surface area contributed by atoms with Crippen molar-refractivity contribution in [2.45, 2.75) is 50.5 Å². The van der Waals surface area contributed by atoms with Gasteiger partial charge in [0.25, 0.3) is 0 Å². The SMILES string of the molecule is Cl.Cl.NC1C2CCC(C2)C1C(=O)NC1CCN(Cc2ccc(C(F)(F)F)cc2)C1. The molecule has 0 radical (unpaired) electrons. The highest BCUT2D eigenvalue weighted by atomic mass is 35.5. The standard InChI is InChI=1S/C20H26F3N3O.2ClH/c21-20(22,23)15-5-1-12(2-6-15)10-26-8-7-16(11-26)25-19(27)17-13-3-4-14(9-13)18(17)24;;/h1-2,5-6,13-14,16-18H,3-4,7-11,24H2,(H,25,27);2*1H. The first-order valence-electron chi connectivity index (χ1n) is 9.75. The van der Waals surface area contributed by atoms with Gasteiger partial charge in [0, 0.05) is 31.7 Å². The van der Waals surface area contributed by atoms with Crippen molar-refractivity contribution in [2.75, 3.05) is 13.1 Å². The van der Waals surface area contributed by atoms with Crippen LogP contribution in [-0.2, 0) is 17.5 Å². The van der Waals surface area contributed by atoms with Crippen LogP contribution in [0.1, 0.15) is 36.8 Å². The maximum absolute atomic E-state index is 12.7. The predicted octanol–water partition coefficient (Wildman–Crippen LogP) is 3.61. The average molecular weight is 454 g/mol. The first kappa shape index (κ1) is 24.3. The number of likely N-dealkylation sites (tertiary alicyclic amines) is 1. The van der Waals surface area contributed by atoms with E-state index in [0.717, 1.165) is 56.5 Å². The molecule has 5 unspecified atom stereocenters. The molecule has 3 fully saturated rings. The molecule has 4 nitrogen and oxygen atoms in total. The summed E-state index contributed by atoms with van der Waals surface area (Å²) < 4.78 is 37.9. The number of alkyl halides is 3. The highest BCUT2D eigenvalue weighted by Crippen LogP contribution is 2.47. The second-order valence-electron chi connectivity index (χ2n) is 8.36. The number of carbonyl (C=O) groups excluding carboxylic acids is 1. The fraction of sp³-hybridized carbons (Fsp3) is 0.650. The number of carbonyl (C=O) groups is 1. The molecule has 2 aliphatic carbocycles. The van der Waals surface area contributed by atoms with Gasteiger partial charge in [-0.3, -0.25) is 9.69 Å². The summed E-state index contributed by atoms with van der Waals surface area (Å²) in [5.74, 6) is 0.990. The van der Waals surface area contributed by atoms with E-state index in [4.69, 9.17) is 5.73 Å². The number of nitrogens with zero attached hydrogens (tertiary/aromatic N) is 1. The minimum atomic E-state index is -4.30. The lowest BCUT2D eigenvalue weighted by Gasteiger charge is -2.28. The number of amides is 1. The highest BCUT2D eigenvalue weighted by Gasteiger charge is 2.49. The lowest BCUT2D eigenvalue weighted by atomic mass is 9.84.